The number of hydrogen-bond acceptors (Lipinski definition) is 4. The third kappa shape index (κ3) is 1.96. The van der Waals surface area contributed by atoms with Crippen molar-refractivity contribution in [3.05, 3.63) is 34.2 Å². The number of hydrogen-bond donors (Lipinski definition) is 0. The number of nitrogens with zero attached hydrogens (tertiary/aromatic N) is 1. The Hall–Kier alpha value is -1.68. The second-order valence-corrected chi connectivity index (χ2v) is 4.86. The van der Waals surface area contributed by atoms with Gasteiger partial charge >= 0.3 is 0 Å². The van der Waals surface area contributed by atoms with Gasteiger partial charge in [0.1, 0.15) is 17.0 Å². The maximum atomic E-state index is 10.4. The van der Waals surface area contributed by atoms with Gasteiger partial charge in [-0.05, 0) is 23.8 Å². The second kappa shape index (κ2) is 4.30. The highest BCUT2D eigenvalue weighted by molar-refractivity contribution is 7.10. The first-order valence-corrected chi connectivity index (χ1v) is 6.39. The van der Waals surface area contributed by atoms with Gasteiger partial charge in [0.25, 0.3) is 0 Å². The van der Waals surface area contributed by atoms with Crippen LogP contribution in [0.3, 0.4) is 0 Å². The van der Waals surface area contributed by atoms with Crippen LogP contribution in [0.2, 0.25) is 0 Å². The predicted molar refractivity (Wildman–Crippen MR) is 66.5 cm³/mol. The molecule has 2 heterocycles. The van der Waals surface area contributed by atoms with Crippen molar-refractivity contribution in [1.82, 2.24) is 4.98 Å². The van der Waals surface area contributed by atoms with Gasteiger partial charge in [-0.3, -0.25) is 0 Å². The summed E-state index contributed by atoms with van der Waals surface area (Å²) in [6, 6.07) is 6.14. The number of aldehydes is 1. The van der Waals surface area contributed by atoms with Gasteiger partial charge in [0.2, 0.25) is 0 Å². The van der Waals surface area contributed by atoms with Gasteiger partial charge in [0.15, 0.2) is 0 Å². The van der Waals surface area contributed by atoms with E-state index in [0.717, 1.165) is 41.3 Å². The smallest absolute Gasteiger partial charge is 0.126 e. The lowest BCUT2D eigenvalue weighted by Gasteiger charge is -2.01. The Morgan fingerprint density at radius 3 is 3.29 bits per heavy atom. The van der Waals surface area contributed by atoms with Gasteiger partial charge in [-0.15, -0.1) is 11.3 Å². The second-order valence-electron chi connectivity index (χ2n) is 3.92. The molecule has 0 unspecified atom stereocenters. The van der Waals surface area contributed by atoms with Gasteiger partial charge in [-0.25, -0.2) is 4.98 Å². The third-order valence-electron chi connectivity index (χ3n) is 2.79. The van der Waals surface area contributed by atoms with E-state index in [4.69, 9.17) is 4.74 Å². The van der Waals surface area contributed by atoms with E-state index < -0.39 is 0 Å². The van der Waals surface area contributed by atoms with E-state index in [1.807, 2.05) is 17.5 Å². The van der Waals surface area contributed by atoms with Crippen molar-refractivity contribution in [3.8, 4) is 17.0 Å². The fourth-order valence-corrected chi connectivity index (χ4v) is 2.71. The molecule has 0 radical (unpaired) electrons. The van der Waals surface area contributed by atoms with Crippen molar-refractivity contribution in [2.24, 2.45) is 0 Å². The highest BCUT2D eigenvalue weighted by Gasteiger charge is 2.13. The van der Waals surface area contributed by atoms with Crippen LogP contribution < -0.4 is 4.74 Å². The van der Waals surface area contributed by atoms with Crippen LogP contribution in [0.15, 0.2) is 23.6 Å². The van der Waals surface area contributed by atoms with Crippen LogP contribution in [0.5, 0.6) is 5.75 Å². The zero-order chi connectivity index (χ0) is 11.7. The molecule has 4 heteroatoms. The van der Waals surface area contributed by atoms with Gasteiger partial charge in [0, 0.05) is 17.4 Å². The molecular weight excluding hydrogens is 234 g/mol. The van der Waals surface area contributed by atoms with Crippen molar-refractivity contribution in [3.63, 3.8) is 0 Å². The molecule has 0 aliphatic carbocycles. The monoisotopic (exact) mass is 245 g/mol. The Morgan fingerprint density at radius 1 is 1.47 bits per heavy atom. The zero-order valence-electron chi connectivity index (χ0n) is 9.18. The average Bonchev–Trinajstić information content (AvgIpc) is 2.96. The van der Waals surface area contributed by atoms with E-state index in [0.29, 0.717) is 6.42 Å². The topological polar surface area (TPSA) is 39.2 Å². The molecule has 0 atom stereocenters. The number of rotatable bonds is 3. The molecule has 86 valence electrons. The summed E-state index contributed by atoms with van der Waals surface area (Å²) in [4.78, 5) is 14.9. The lowest BCUT2D eigenvalue weighted by molar-refractivity contribution is -0.107. The molecule has 3 nitrogen and oxygen atoms in total. The van der Waals surface area contributed by atoms with Crippen molar-refractivity contribution in [1.29, 1.82) is 0 Å². The summed E-state index contributed by atoms with van der Waals surface area (Å²) < 4.78 is 5.47. The lowest BCUT2D eigenvalue weighted by Crippen LogP contribution is -1.85. The highest BCUT2D eigenvalue weighted by atomic mass is 32.1. The first-order chi connectivity index (χ1) is 8.36. The number of carbonyl (C=O) groups excluding carboxylic acids is 1. The Morgan fingerprint density at radius 2 is 2.41 bits per heavy atom. The number of ether oxygens (including phenoxy) is 1. The van der Waals surface area contributed by atoms with Crippen LogP contribution in [-0.4, -0.2) is 17.9 Å². The van der Waals surface area contributed by atoms with Crippen LogP contribution in [0, 0.1) is 0 Å². The highest BCUT2D eigenvalue weighted by Crippen LogP contribution is 2.30. The standard InChI is InChI=1S/C13H11NO2S/c15-5-3-13-14-11(8-17-13)9-1-2-12-10(7-9)4-6-16-12/h1-2,5,7-8H,3-4,6H2. The Kier molecular flexibility index (Phi) is 2.65. The van der Waals surface area contributed by atoms with E-state index in [9.17, 15) is 4.79 Å². The Balaban J connectivity index is 1.94. The molecule has 0 fully saturated rings. The average molecular weight is 245 g/mol. The predicted octanol–water partition coefficient (Wildman–Crippen LogP) is 2.49. The fourth-order valence-electron chi connectivity index (χ4n) is 1.95. The summed E-state index contributed by atoms with van der Waals surface area (Å²) >= 11 is 1.53. The van der Waals surface area contributed by atoms with Crippen molar-refractivity contribution >= 4 is 17.6 Å². The molecule has 0 N–H and O–H groups in total. The van der Waals surface area contributed by atoms with E-state index in [2.05, 4.69) is 11.1 Å². The molecule has 0 saturated heterocycles. The number of carbonyl (C=O) groups is 1. The Labute approximate surface area is 103 Å². The number of benzene rings is 1. The normalized spacial score (nSPS) is 13.2. The molecule has 0 bridgehead atoms. The molecular formula is C13H11NO2S. The van der Waals surface area contributed by atoms with Crippen molar-refractivity contribution in [2.45, 2.75) is 12.8 Å². The molecule has 17 heavy (non-hydrogen) atoms. The molecule has 0 saturated carbocycles. The summed E-state index contributed by atoms with van der Waals surface area (Å²) in [7, 11) is 0. The largest absolute Gasteiger partial charge is 0.493 e. The number of thiazole rings is 1. The summed E-state index contributed by atoms with van der Waals surface area (Å²) in [6.07, 6.45) is 2.26. The number of aromatic nitrogens is 1. The van der Waals surface area contributed by atoms with E-state index in [-0.39, 0.29) is 0 Å². The van der Waals surface area contributed by atoms with Crippen LogP contribution in [0.25, 0.3) is 11.3 Å². The molecule has 2 aromatic rings. The minimum Gasteiger partial charge on any atom is -0.493 e. The van der Waals surface area contributed by atoms with E-state index >= 15 is 0 Å². The molecule has 0 spiro atoms. The van der Waals surface area contributed by atoms with Crippen LogP contribution >= 0.6 is 11.3 Å². The molecule has 1 aliphatic heterocycles. The molecule has 3 rings (SSSR count). The van der Waals surface area contributed by atoms with E-state index in [1.165, 1.54) is 16.9 Å². The van der Waals surface area contributed by atoms with E-state index in [1.54, 1.807) is 0 Å². The molecule has 1 aromatic carbocycles. The maximum absolute atomic E-state index is 10.4. The van der Waals surface area contributed by atoms with Gasteiger partial charge in [-0.2, -0.15) is 0 Å². The van der Waals surface area contributed by atoms with Crippen LogP contribution in [0.4, 0.5) is 0 Å². The molecule has 1 aliphatic rings. The SMILES string of the molecule is O=CCc1nc(-c2ccc3c(c2)CCO3)cs1. The minimum atomic E-state index is 0.402. The van der Waals surface area contributed by atoms with Crippen molar-refractivity contribution < 1.29 is 9.53 Å². The summed E-state index contributed by atoms with van der Waals surface area (Å²) in [5, 5.41) is 2.86. The van der Waals surface area contributed by atoms with Gasteiger partial charge in [-0.1, -0.05) is 0 Å². The zero-order valence-corrected chi connectivity index (χ0v) is 10.00. The molecule has 1 aromatic heterocycles. The fraction of sp³-hybridized carbons (Fsp3) is 0.231. The maximum Gasteiger partial charge on any atom is 0.126 e. The summed E-state index contributed by atoms with van der Waals surface area (Å²) in [5.41, 5.74) is 3.29. The van der Waals surface area contributed by atoms with Gasteiger partial charge < -0.3 is 9.53 Å². The first kappa shape index (κ1) is 10.5. The summed E-state index contributed by atoms with van der Waals surface area (Å²) in [5.74, 6) is 0.983. The lowest BCUT2D eigenvalue weighted by atomic mass is 10.1. The third-order valence-corrected chi connectivity index (χ3v) is 3.67. The quantitative estimate of drug-likeness (QED) is 0.780. The number of fused-ring (bicyclic) bond motifs is 1. The minimum absolute atomic E-state index is 0.402. The molecule has 0 amide bonds. The first-order valence-electron chi connectivity index (χ1n) is 5.51. The van der Waals surface area contributed by atoms with Crippen LogP contribution in [-0.2, 0) is 17.6 Å². The summed E-state index contributed by atoms with van der Waals surface area (Å²) in [6.45, 7) is 0.770. The van der Waals surface area contributed by atoms with Crippen LogP contribution in [0.1, 0.15) is 10.6 Å². The Bertz CT molecular complexity index is 562. The van der Waals surface area contributed by atoms with Gasteiger partial charge in [0.05, 0.1) is 18.7 Å². The van der Waals surface area contributed by atoms with Crippen molar-refractivity contribution in [2.75, 3.05) is 6.61 Å².